The third-order valence-electron chi connectivity index (χ3n) is 4.39. The number of quaternary nitrogens is 1. The minimum Gasteiger partial charge on any atom is -0.321 e. The van der Waals surface area contributed by atoms with E-state index in [9.17, 15) is 4.79 Å². The quantitative estimate of drug-likeness (QED) is 0.895. The fraction of sp³-hybridized carbons (Fsp3) is 0.278. The molecule has 0 saturated heterocycles. The number of carbonyl (C=O) groups excluding carboxylic acids is 1. The summed E-state index contributed by atoms with van der Waals surface area (Å²) in [6.07, 6.45) is 1.02. The molecule has 0 radical (unpaired) electrons. The molecule has 1 aliphatic heterocycles. The Morgan fingerprint density at radius 3 is 2.59 bits per heavy atom. The average molecular weight is 316 g/mol. The molecular formula is C18H20ClN2O+. The minimum absolute atomic E-state index is 0.0162. The summed E-state index contributed by atoms with van der Waals surface area (Å²) in [6, 6.07) is 15.7. The zero-order valence-corrected chi connectivity index (χ0v) is 13.4. The van der Waals surface area contributed by atoms with Crippen LogP contribution in [0.4, 0.5) is 5.69 Å². The van der Waals surface area contributed by atoms with Crippen molar-refractivity contribution in [2.24, 2.45) is 0 Å². The highest BCUT2D eigenvalue weighted by atomic mass is 35.5. The van der Waals surface area contributed by atoms with Crippen molar-refractivity contribution in [2.45, 2.75) is 25.9 Å². The van der Waals surface area contributed by atoms with Crippen molar-refractivity contribution in [3.8, 4) is 0 Å². The first-order valence-electron chi connectivity index (χ1n) is 7.62. The van der Waals surface area contributed by atoms with Crippen LogP contribution >= 0.6 is 11.6 Å². The third-order valence-corrected chi connectivity index (χ3v) is 4.72. The van der Waals surface area contributed by atoms with Gasteiger partial charge in [0.1, 0.15) is 6.54 Å². The second-order valence-corrected chi connectivity index (χ2v) is 6.20. The summed E-state index contributed by atoms with van der Waals surface area (Å²) in [5.74, 6) is 0.0162. The van der Waals surface area contributed by atoms with Gasteiger partial charge in [-0.05, 0) is 24.6 Å². The first-order chi connectivity index (χ1) is 10.6. The van der Waals surface area contributed by atoms with Gasteiger partial charge in [0.25, 0.3) is 5.91 Å². The van der Waals surface area contributed by atoms with Gasteiger partial charge in [0.2, 0.25) is 0 Å². The Morgan fingerprint density at radius 1 is 1.14 bits per heavy atom. The lowest BCUT2D eigenvalue weighted by Crippen LogP contribution is -3.16. The molecule has 3 nitrogen and oxygen atoms in total. The number of benzene rings is 2. The molecule has 0 aromatic heterocycles. The maximum atomic E-state index is 12.5. The monoisotopic (exact) mass is 315 g/mol. The molecule has 22 heavy (non-hydrogen) atoms. The third kappa shape index (κ3) is 3.16. The molecule has 2 aromatic carbocycles. The van der Waals surface area contributed by atoms with Crippen LogP contribution in [0.3, 0.4) is 0 Å². The zero-order chi connectivity index (χ0) is 15.5. The number of anilines is 1. The number of nitrogens with one attached hydrogen (secondary N) is 2. The number of hydrogen-bond acceptors (Lipinski definition) is 1. The summed E-state index contributed by atoms with van der Waals surface area (Å²) < 4.78 is 0. The Hall–Kier alpha value is -1.84. The predicted octanol–water partition coefficient (Wildman–Crippen LogP) is 2.31. The molecular weight excluding hydrogens is 296 g/mol. The summed E-state index contributed by atoms with van der Waals surface area (Å²) in [4.78, 5) is 13.8. The van der Waals surface area contributed by atoms with Crippen molar-refractivity contribution in [1.29, 1.82) is 0 Å². The molecule has 0 saturated carbocycles. The Morgan fingerprint density at radius 2 is 1.82 bits per heavy atom. The van der Waals surface area contributed by atoms with Gasteiger partial charge in [-0.25, -0.2) is 0 Å². The molecule has 1 amide bonds. The van der Waals surface area contributed by atoms with Gasteiger partial charge in [-0.15, -0.1) is 0 Å². The van der Waals surface area contributed by atoms with Gasteiger partial charge >= 0.3 is 0 Å². The Labute approximate surface area is 135 Å². The fourth-order valence-corrected chi connectivity index (χ4v) is 3.14. The van der Waals surface area contributed by atoms with Crippen LogP contribution in [0, 0.1) is 0 Å². The van der Waals surface area contributed by atoms with E-state index in [0.29, 0.717) is 10.7 Å². The van der Waals surface area contributed by atoms with Gasteiger partial charge in [0.15, 0.2) is 6.04 Å². The van der Waals surface area contributed by atoms with Crippen LogP contribution in [0.25, 0.3) is 0 Å². The van der Waals surface area contributed by atoms with E-state index in [1.54, 1.807) is 6.07 Å². The topological polar surface area (TPSA) is 33.5 Å². The molecule has 1 unspecified atom stereocenters. The van der Waals surface area contributed by atoms with Crippen molar-refractivity contribution >= 4 is 23.2 Å². The van der Waals surface area contributed by atoms with E-state index in [1.165, 1.54) is 16.0 Å². The second kappa shape index (κ2) is 6.51. The summed E-state index contributed by atoms with van der Waals surface area (Å²) in [5.41, 5.74) is 3.43. The normalized spacial score (nSPS) is 18.4. The predicted molar refractivity (Wildman–Crippen MR) is 89.2 cm³/mol. The fourth-order valence-electron chi connectivity index (χ4n) is 2.96. The lowest BCUT2D eigenvalue weighted by Gasteiger charge is -2.30. The van der Waals surface area contributed by atoms with E-state index in [4.69, 9.17) is 11.6 Å². The number of rotatable bonds is 3. The summed E-state index contributed by atoms with van der Waals surface area (Å²) in [6.45, 7) is 3.86. The molecule has 2 N–H and O–H groups in total. The standard InChI is InChI=1S/C18H19ClN2O/c1-13(18(22)20-17-9-5-4-8-16(17)19)21-11-10-14-6-2-3-7-15(14)12-21/h2-9,13H,10-12H2,1H3,(H,20,22)/p+1/t13-/m1/s1. The highest BCUT2D eigenvalue weighted by Gasteiger charge is 2.29. The first kappa shape index (κ1) is 15.1. The average Bonchev–Trinajstić information content (AvgIpc) is 2.55. The van der Waals surface area contributed by atoms with Crippen LogP contribution < -0.4 is 10.2 Å². The second-order valence-electron chi connectivity index (χ2n) is 5.79. The summed E-state index contributed by atoms with van der Waals surface area (Å²) in [7, 11) is 0. The van der Waals surface area contributed by atoms with E-state index in [-0.39, 0.29) is 11.9 Å². The van der Waals surface area contributed by atoms with E-state index >= 15 is 0 Å². The lowest BCUT2D eigenvalue weighted by atomic mass is 9.99. The van der Waals surface area contributed by atoms with E-state index in [0.717, 1.165) is 19.5 Å². The highest BCUT2D eigenvalue weighted by Crippen LogP contribution is 2.20. The maximum Gasteiger partial charge on any atom is 0.282 e. The molecule has 3 rings (SSSR count). The number of carbonyl (C=O) groups is 1. The van der Waals surface area contributed by atoms with Crippen LogP contribution in [-0.2, 0) is 17.8 Å². The van der Waals surface area contributed by atoms with Gasteiger partial charge in [-0.2, -0.15) is 0 Å². The SMILES string of the molecule is C[C@H](C(=O)Nc1ccccc1Cl)[NH+]1CCc2ccccc2C1. The molecule has 0 spiro atoms. The van der Waals surface area contributed by atoms with E-state index < -0.39 is 0 Å². The number of fused-ring (bicyclic) bond motifs is 1. The molecule has 1 heterocycles. The van der Waals surface area contributed by atoms with Crippen LogP contribution in [-0.4, -0.2) is 18.5 Å². The highest BCUT2D eigenvalue weighted by molar-refractivity contribution is 6.33. The van der Waals surface area contributed by atoms with Crippen LogP contribution in [0.15, 0.2) is 48.5 Å². The maximum absolute atomic E-state index is 12.5. The van der Waals surface area contributed by atoms with Gasteiger partial charge in [-0.3, -0.25) is 4.79 Å². The minimum atomic E-state index is -0.107. The van der Waals surface area contributed by atoms with Crippen LogP contribution in [0.5, 0.6) is 0 Å². The molecule has 4 heteroatoms. The number of amides is 1. The van der Waals surface area contributed by atoms with Crippen LogP contribution in [0.1, 0.15) is 18.1 Å². The molecule has 0 aliphatic carbocycles. The van der Waals surface area contributed by atoms with Crippen molar-refractivity contribution in [2.75, 3.05) is 11.9 Å². The Bertz CT molecular complexity index is 686. The molecule has 0 fully saturated rings. The molecule has 1 aliphatic rings. The molecule has 2 atom stereocenters. The lowest BCUT2D eigenvalue weighted by molar-refractivity contribution is -0.929. The van der Waals surface area contributed by atoms with E-state index in [1.807, 2.05) is 25.1 Å². The van der Waals surface area contributed by atoms with Gasteiger partial charge in [-0.1, -0.05) is 48.0 Å². The Balaban J connectivity index is 1.68. The Kier molecular flexibility index (Phi) is 4.46. The molecule has 0 bridgehead atoms. The van der Waals surface area contributed by atoms with Crippen molar-refractivity contribution in [1.82, 2.24) is 0 Å². The molecule has 2 aromatic rings. The van der Waals surface area contributed by atoms with Crippen molar-refractivity contribution in [3.05, 3.63) is 64.7 Å². The summed E-state index contributed by atoms with van der Waals surface area (Å²) >= 11 is 6.10. The largest absolute Gasteiger partial charge is 0.321 e. The van der Waals surface area contributed by atoms with Crippen LogP contribution in [0.2, 0.25) is 5.02 Å². The molecule has 114 valence electrons. The number of halogens is 1. The smallest absolute Gasteiger partial charge is 0.282 e. The van der Waals surface area contributed by atoms with Crippen molar-refractivity contribution in [3.63, 3.8) is 0 Å². The van der Waals surface area contributed by atoms with Gasteiger partial charge in [0, 0.05) is 12.0 Å². The first-order valence-corrected chi connectivity index (χ1v) is 7.99. The summed E-state index contributed by atoms with van der Waals surface area (Å²) in [5, 5.41) is 3.51. The van der Waals surface area contributed by atoms with Gasteiger partial charge < -0.3 is 10.2 Å². The van der Waals surface area contributed by atoms with Gasteiger partial charge in [0.05, 0.1) is 17.3 Å². The van der Waals surface area contributed by atoms with Crippen molar-refractivity contribution < 1.29 is 9.69 Å². The number of hydrogen-bond donors (Lipinski definition) is 2. The number of para-hydroxylation sites is 1. The zero-order valence-electron chi connectivity index (χ0n) is 12.6. The van der Waals surface area contributed by atoms with E-state index in [2.05, 4.69) is 29.6 Å².